The predicted octanol–water partition coefficient (Wildman–Crippen LogP) is 1.31. The van der Waals surface area contributed by atoms with Crippen LogP contribution in [0.1, 0.15) is 10.4 Å². The van der Waals surface area contributed by atoms with Gasteiger partial charge in [0.05, 0.1) is 30.4 Å². The van der Waals surface area contributed by atoms with E-state index in [0.717, 1.165) is 0 Å². The Hall–Kier alpha value is -1.30. The third-order valence-corrected chi connectivity index (χ3v) is 2.53. The van der Waals surface area contributed by atoms with Gasteiger partial charge in [-0.25, -0.2) is 0 Å². The maximum atomic E-state index is 11.8. The van der Waals surface area contributed by atoms with Crippen LogP contribution in [-0.2, 0) is 9.47 Å². The summed E-state index contributed by atoms with van der Waals surface area (Å²) >= 11 is 5.91. The van der Waals surface area contributed by atoms with Crippen LogP contribution < -0.4 is 11.1 Å². The molecule has 0 bridgehead atoms. The molecule has 1 aromatic rings. The molecule has 0 aliphatic heterocycles. The molecule has 1 rings (SSSR count). The van der Waals surface area contributed by atoms with Crippen molar-refractivity contribution < 1.29 is 14.3 Å². The zero-order valence-electron chi connectivity index (χ0n) is 10.2. The van der Waals surface area contributed by atoms with E-state index >= 15 is 0 Å². The molecule has 5 nitrogen and oxygen atoms in total. The molecule has 0 aliphatic rings. The second-order valence-corrected chi connectivity index (χ2v) is 4.01. The Kier molecular flexibility index (Phi) is 6.49. The van der Waals surface area contributed by atoms with Crippen molar-refractivity contribution in [3.8, 4) is 0 Å². The van der Waals surface area contributed by atoms with Crippen LogP contribution in [0.25, 0.3) is 0 Å². The summed E-state index contributed by atoms with van der Waals surface area (Å²) in [6.45, 7) is 1.88. The number of nitrogens with one attached hydrogen (secondary N) is 1. The molecule has 6 heteroatoms. The second-order valence-electron chi connectivity index (χ2n) is 3.60. The van der Waals surface area contributed by atoms with Gasteiger partial charge < -0.3 is 20.5 Å². The molecule has 100 valence electrons. The monoisotopic (exact) mass is 272 g/mol. The molecule has 0 fully saturated rings. The van der Waals surface area contributed by atoms with Gasteiger partial charge in [-0.2, -0.15) is 0 Å². The number of carbonyl (C=O) groups excluding carboxylic acids is 1. The quantitative estimate of drug-likeness (QED) is 0.580. The number of benzene rings is 1. The average Bonchev–Trinajstić information content (AvgIpc) is 2.36. The number of nitrogen functional groups attached to an aromatic ring is 1. The minimum absolute atomic E-state index is 0.261. The smallest absolute Gasteiger partial charge is 0.252 e. The van der Waals surface area contributed by atoms with Crippen LogP contribution in [0.4, 0.5) is 5.69 Å². The van der Waals surface area contributed by atoms with Gasteiger partial charge in [0.2, 0.25) is 0 Å². The topological polar surface area (TPSA) is 73.6 Å². The van der Waals surface area contributed by atoms with Gasteiger partial charge in [-0.3, -0.25) is 4.79 Å². The molecule has 0 radical (unpaired) electrons. The van der Waals surface area contributed by atoms with Crippen LogP contribution in [0, 0.1) is 0 Å². The maximum absolute atomic E-state index is 11.8. The third-order valence-electron chi connectivity index (χ3n) is 2.20. The van der Waals surface area contributed by atoms with Crippen LogP contribution >= 0.6 is 11.6 Å². The van der Waals surface area contributed by atoms with Gasteiger partial charge in [0.1, 0.15) is 0 Å². The lowest BCUT2D eigenvalue weighted by Gasteiger charge is -2.08. The standard InChI is InChI=1S/C12H17ClN2O3/c1-17-6-7-18-5-4-15-12(16)10-8-9(14)2-3-11(10)13/h2-3,8H,4-7,14H2,1H3,(H,15,16). The fourth-order valence-electron chi connectivity index (χ4n) is 1.29. The largest absolute Gasteiger partial charge is 0.399 e. The van der Waals surface area contributed by atoms with Gasteiger partial charge in [0, 0.05) is 19.3 Å². The number of rotatable bonds is 7. The van der Waals surface area contributed by atoms with Crippen LogP contribution in [0.3, 0.4) is 0 Å². The number of carbonyl (C=O) groups is 1. The molecular weight excluding hydrogens is 256 g/mol. The zero-order valence-corrected chi connectivity index (χ0v) is 11.0. The van der Waals surface area contributed by atoms with Gasteiger partial charge in [-0.15, -0.1) is 0 Å². The lowest BCUT2D eigenvalue weighted by Crippen LogP contribution is -2.28. The molecule has 18 heavy (non-hydrogen) atoms. The first-order chi connectivity index (χ1) is 8.65. The number of ether oxygens (including phenoxy) is 2. The van der Waals surface area contributed by atoms with Crippen LogP contribution in [-0.4, -0.2) is 39.4 Å². The van der Waals surface area contributed by atoms with Crippen molar-refractivity contribution in [3.63, 3.8) is 0 Å². The number of halogens is 1. The van der Waals surface area contributed by atoms with Crippen molar-refractivity contribution in [2.24, 2.45) is 0 Å². The van der Waals surface area contributed by atoms with E-state index in [1.165, 1.54) is 0 Å². The van der Waals surface area contributed by atoms with Crippen molar-refractivity contribution in [1.29, 1.82) is 0 Å². The van der Waals surface area contributed by atoms with E-state index in [1.54, 1.807) is 25.3 Å². The number of amides is 1. The van der Waals surface area contributed by atoms with Gasteiger partial charge in [-0.1, -0.05) is 11.6 Å². The molecule has 0 unspecified atom stereocenters. The summed E-state index contributed by atoms with van der Waals surface area (Å²) in [6, 6.07) is 4.79. The first kappa shape index (κ1) is 14.8. The minimum atomic E-state index is -0.261. The fourth-order valence-corrected chi connectivity index (χ4v) is 1.50. The average molecular weight is 273 g/mol. The lowest BCUT2D eigenvalue weighted by atomic mass is 10.2. The summed E-state index contributed by atoms with van der Waals surface area (Å²) in [6.07, 6.45) is 0. The molecule has 3 N–H and O–H groups in total. The number of hydrogen-bond acceptors (Lipinski definition) is 4. The molecule has 1 amide bonds. The number of methoxy groups -OCH3 is 1. The highest BCUT2D eigenvalue weighted by Crippen LogP contribution is 2.18. The van der Waals surface area contributed by atoms with E-state index in [1.807, 2.05) is 0 Å². The van der Waals surface area contributed by atoms with Crippen LogP contribution in [0.5, 0.6) is 0 Å². The Bertz CT molecular complexity index is 399. The molecule has 0 atom stereocenters. The molecule has 0 spiro atoms. The summed E-state index contributed by atoms with van der Waals surface area (Å²) in [7, 11) is 1.60. The van der Waals surface area contributed by atoms with Crippen molar-refractivity contribution in [3.05, 3.63) is 28.8 Å². The van der Waals surface area contributed by atoms with E-state index in [0.29, 0.717) is 42.6 Å². The Morgan fingerprint density at radius 3 is 2.89 bits per heavy atom. The summed E-state index contributed by atoms with van der Waals surface area (Å²) in [5.41, 5.74) is 6.47. The molecule has 0 heterocycles. The lowest BCUT2D eigenvalue weighted by molar-refractivity contribution is 0.0693. The highest BCUT2D eigenvalue weighted by Gasteiger charge is 2.09. The van der Waals surface area contributed by atoms with Gasteiger partial charge in [0.15, 0.2) is 0 Å². The summed E-state index contributed by atoms with van der Waals surface area (Å²) in [5.74, 6) is -0.261. The predicted molar refractivity (Wildman–Crippen MR) is 70.9 cm³/mol. The molecular formula is C12H17ClN2O3. The SMILES string of the molecule is COCCOCCNC(=O)c1cc(N)ccc1Cl. The molecule has 0 aromatic heterocycles. The number of anilines is 1. The first-order valence-electron chi connectivity index (χ1n) is 5.55. The summed E-state index contributed by atoms with van der Waals surface area (Å²) in [5, 5.41) is 3.08. The van der Waals surface area contributed by atoms with E-state index in [9.17, 15) is 4.79 Å². The number of nitrogens with two attached hydrogens (primary N) is 1. The Morgan fingerprint density at radius 1 is 1.39 bits per heavy atom. The van der Waals surface area contributed by atoms with Crippen LogP contribution in [0.2, 0.25) is 5.02 Å². The molecule has 0 saturated carbocycles. The Balaban J connectivity index is 2.34. The van der Waals surface area contributed by atoms with E-state index in [2.05, 4.69) is 5.32 Å². The van der Waals surface area contributed by atoms with Crippen molar-refractivity contribution in [1.82, 2.24) is 5.32 Å². The van der Waals surface area contributed by atoms with Gasteiger partial charge in [-0.05, 0) is 18.2 Å². The van der Waals surface area contributed by atoms with E-state index in [-0.39, 0.29) is 5.91 Å². The molecule has 1 aromatic carbocycles. The minimum Gasteiger partial charge on any atom is -0.399 e. The Morgan fingerprint density at radius 2 is 2.17 bits per heavy atom. The van der Waals surface area contributed by atoms with Crippen LogP contribution in [0.15, 0.2) is 18.2 Å². The van der Waals surface area contributed by atoms with E-state index in [4.69, 9.17) is 26.8 Å². The van der Waals surface area contributed by atoms with Crippen molar-refractivity contribution >= 4 is 23.2 Å². The summed E-state index contributed by atoms with van der Waals surface area (Å²) < 4.78 is 10.0. The highest BCUT2D eigenvalue weighted by molar-refractivity contribution is 6.34. The van der Waals surface area contributed by atoms with Crippen molar-refractivity contribution in [2.45, 2.75) is 0 Å². The zero-order chi connectivity index (χ0) is 13.4. The molecule has 0 saturated heterocycles. The normalized spacial score (nSPS) is 10.3. The van der Waals surface area contributed by atoms with E-state index < -0.39 is 0 Å². The fraction of sp³-hybridized carbons (Fsp3) is 0.417. The van der Waals surface area contributed by atoms with Crippen molar-refractivity contribution in [2.75, 3.05) is 39.2 Å². The second kappa shape index (κ2) is 7.92. The molecule has 0 aliphatic carbocycles. The Labute approximate surface area is 111 Å². The third kappa shape index (κ3) is 4.91. The highest BCUT2D eigenvalue weighted by atomic mass is 35.5. The van der Waals surface area contributed by atoms with Gasteiger partial charge >= 0.3 is 0 Å². The maximum Gasteiger partial charge on any atom is 0.252 e. The van der Waals surface area contributed by atoms with Gasteiger partial charge in [0.25, 0.3) is 5.91 Å². The number of hydrogen-bond donors (Lipinski definition) is 2. The first-order valence-corrected chi connectivity index (χ1v) is 5.93. The summed E-state index contributed by atoms with van der Waals surface area (Å²) in [4.78, 5) is 11.8.